The van der Waals surface area contributed by atoms with Crippen LogP contribution in [0.15, 0.2) is 34.8 Å². The van der Waals surface area contributed by atoms with E-state index in [1.54, 1.807) is 38.1 Å². The zero-order chi connectivity index (χ0) is 15.6. The number of nitrogens with one attached hydrogen (secondary N) is 1. The fourth-order valence-electron chi connectivity index (χ4n) is 2.14. The summed E-state index contributed by atoms with van der Waals surface area (Å²) in [5.41, 5.74) is 3.23. The van der Waals surface area contributed by atoms with Crippen molar-refractivity contribution in [3.63, 3.8) is 0 Å². The molecule has 0 atom stereocenters. The Morgan fingerprint density at radius 2 is 1.86 bits per heavy atom. The third kappa shape index (κ3) is 3.61. The van der Waals surface area contributed by atoms with E-state index in [0.717, 1.165) is 11.3 Å². The Balaban J connectivity index is 2.13. The van der Waals surface area contributed by atoms with Crippen LogP contribution in [0.2, 0.25) is 0 Å². The molecule has 0 aliphatic carbocycles. The first-order valence-electron chi connectivity index (χ1n) is 6.41. The average Bonchev–Trinajstić information content (AvgIpc) is 2.42. The topological polar surface area (TPSA) is 49.3 Å². The van der Waals surface area contributed by atoms with Crippen molar-refractivity contribution < 1.29 is 14.3 Å². The number of rotatable bonds is 4. The first kappa shape index (κ1) is 15.5. The summed E-state index contributed by atoms with van der Waals surface area (Å²) < 4.78 is 14.1. The molecule has 0 aliphatic heterocycles. The molecule has 0 amide bonds. The quantitative estimate of drug-likeness (QED) is 0.851. The summed E-state index contributed by atoms with van der Waals surface area (Å²) in [6.07, 6.45) is 0. The van der Waals surface area contributed by atoms with Gasteiger partial charge in [0.15, 0.2) is 0 Å². The van der Waals surface area contributed by atoms with E-state index in [1.165, 1.54) is 6.07 Å². The van der Waals surface area contributed by atoms with Crippen LogP contribution in [0, 0.1) is 19.7 Å². The number of carboxylic acid groups (broad SMARTS) is 1. The van der Waals surface area contributed by atoms with Gasteiger partial charge in [-0.15, -0.1) is 0 Å². The number of aryl methyl sites for hydroxylation is 2. The molecule has 0 radical (unpaired) electrons. The first-order valence-corrected chi connectivity index (χ1v) is 7.20. The van der Waals surface area contributed by atoms with Crippen molar-refractivity contribution in [3.05, 3.63) is 62.9 Å². The minimum absolute atomic E-state index is 0.174. The Hall–Kier alpha value is -1.88. The van der Waals surface area contributed by atoms with E-state index >= 15 is 0 Å². The molecule has 5 heteroatoms. The van der Waals surface area contributed by atoms with Gasteiger partial charge in [-0.2, -0.15) is 0 Å². The van der Waals surface area contributed by atoms with E-state index in [9.17, 15) is 9.18 Å². The number of hydrogen-bond donors (Lipinski definition) is 2. The van der Waals surface area contributed by atoms with Gasteiger partial charge in [-0.3, -0.25) is 0 Å². The molecule has 21 heavy (non-hydrogen) atoms. The van der Waals surface area contributed by atoms with Crippen LogP contribution >= 0.6 is 15.9 Å². The SMILES string of the molecule is Cc1cc(CNc2ccc(C(=O)O)c(Br)c2)cc(C)c1F. The second kappa shape index (κ2) is 6.26. The molecule has 0 aliphatic rings. The molecule has 110 valence electrons. The maximum absolute atomic E-state index is 13.6. The lowest BCUT2D eigenvalue weighted by Crippen LogP contribution is -2.03. The summed E-state index contributed by atoms with van der Waals surface area (Å²) in [7, 11) is 0. The predicted molar refractivity (Wildman–Crippen MR) is 84.3 cm³/mol. The predicted octanol–water partition coefficient (Wildman–Crippen LogP) is 4.52. The Kier molecular flexibility index (Phi) is 4.63. The van der Waals surface area contributed by atoms with E-state index < -0.39 is 5.97 Å². The van der Waals surface area contributed by atoms with Crippen molar-refractivity contribution in [2.75, 3.05) is 5.32 Å². The van der Waals surface area contributed by atoms with Crippen LogP contribution in [0.1, 0.15) is 27.0 Å². The van der Waals surface area contributed by atoms with Gasteiger partial charge in [0.2, 0.25) is 0 Å². The van der Waals surface area contributed by atoms with Crippen molar-refractivity contribution in [1.29, 1.82) is 0 Å². The Labute approximate surface area is 130 Å². The maximum atomic E-state index is 13.6. The van der Waals surface area contributed by atoms with E-state index in [4.69, 9.17) is 5.11 Å². The van der Waals surface area contributed by atoms with Crippen LogP contribution < -0.4 is 5.32 Å². The maximum Gasteiger partial charge on any atom is 0.336 e. The van der Waals surface area contributed by atoms with Gasteiger partial charge < -0.3 is 10.4 Å². The van der Waals surface area contributed by atoms with Gasteiger partial charge in [-0.05, 0) is 64.7 Å². The molecule has 2 aromatic rings. The molecule has 3 nitrogen and oxygen atoms in total. The Morgan fingerprint density at radius 3 is 2.38 bits per heavy atom. The van der Waals surface area contributed by atoms with Gasteiger partial charge in [-0.25, -0.2) is 9.18 Å². The van der Waals surface area contributed by atoms with Crippen LogP contribution in [-0.4, -0.2) is 11.1 Å². The molecule has 0 bridgehead atoms. The minimum Gasteiger partial charge on any atom is -0.478 e. The highest BCUT2D eigenvalue weighted by molar-refractivity contribution is 9.10. The normalized spacial score (nSPS) is 10.5. The van der Waals surface area contributed by atoms with Gasteiger partial charge in [0.05, 0.1) is 5.56 Å². The highest BCUT2D eigenvalue weighted by Gasteiger charge is 2.09. The monoisotopic (exact) mass is 351 g/mol. The van der Waals surface area contributed by atoms with Crippen LogP contribution in [0.3, 0.4) is 0 Å². The lowest BCUT2D eigenvalue weighted by molar-refractivity contribution is 0.0696. The third-order valence-electron chi connectivity index (χ3n) is 3.19. The van der Waals surface area contributed by atoms with E-state index in [0.29, 0.717) is 22.1 Å². The summed E-state index contributed by atoms with van der Waals surface area (Å²) in [5.74, 6) is -1.15. The van der Waals surface area contributed by atoms with E-state index in [2.05, 4.69) is 21.2 Å². The number of carboxylic acids is 1. The number of aromatic carboxylic acids is 1. The zero-order valence-electron chi connectivity index (χ0n) is 11.7. The lowest BCUT2D eigenvalue weighted by Gasteiger charge is -2.10. The van der Waals surface area contributed by atoms with Crippen molar-refractivity contribution >= 4 is 27.6 Å². The first-order chi connectivity index (χ1) is 9.88. The molecule has 0 spiro atoms. The smallest absolute Gasteiger partial charge is 0.336 e. The summed E-state index contributed by atoms with van der Waals surface area (Å²) in [6.45, 7) is 4.02. The number of carbonyl (C=O) groups is 1. The standard InChI is InChI=1S/C16H15BrFNO2/c1-9-5-11(6-10(2)15(9)18)8-19-12-3-4-13(16(20)21)14(17)7-12/h3-7,19H,8H2,1-2H3,(H,20,21). The number of halogens is 2. The second-order valence-corrected chi connectivity index (χ2v) is 5.75. The van der Waals surface area contributed by atoms with Gasteiger partial charge in [-0.1, -0.05) is 12.1 Å². The summed E-state index contributed by atoms with van der Waals surface area (Å²) >= 11 is 3.24. The van der Waals surface area contributed by atoms with Crippen molar-refractivity contribution in [1.82, 2.24) is 0 Å². The van der Waals surface area contributed by atoms with Crippen molar-refractivity contribution in [2.45, 2.75) is 20.4 Å². The minimum atomic E-state index is -0.974. The van der Waals surface area contributed by atoms with E-state index in [-0.39, 0.29) is 11.4 Å². The lowest BCUT2D eigenvalue weighted by atomic mass is 10.1. The molecule has 0 aromatic heterocycles. The van der Waals surface area contributed by atoms with Gasteiger partial charge in [0, 0.05) is 16.7 Å². The number of benzene rings is 2. The highest BCUT2D eigenvalue weighted by atomic mass is 79.9. The molecular formula is C16H15BrFNO2. The van der Waals surface area contributed by atoms with Crippen LogP contribution in [0.25, 0.3) is 0 Å². The molecule has 0 saturated heterocycles. The third-order valence-corrected chi connectivity index (χ3v) is 3.85. The molecule has 2 rings (SSSR count). The van der Waals surface area contributed by atoms with Gasteiger partial charge in [0.25, 0.3) is 0 Å². The largest absolute Gasteiger partial charge is 0.478 e. The van der Waals surface area contributed by atoms with Gasteiger partial charge in [0.1, 0.15) is 5.82 Å². The highest BCUT2D eigenvalue weighted by Crippen LogP contribution is 2.22. The zero-order valence-corrected chi connectivity index (χ0v) is 13.3. The molecule has 0 unspecified atom stereocenters. The second-order valence-electron chi connectivity index (χ2n) is 4.90. The summed E-state index contributed by atoms with van der Waals surface area (Å²) in [6, 6.07) is 8.56. The number of hydrogen-bond acceptors (Lipinski definition) is 2. The van der Waals surface area contributed by atoms with Crippen LogP contribution in [-0.2, 0) is 6.54 Å². The van der Waals surface area contributed by atoms with Crippen molar-refractivity contribution in [2.24, 2.45) is 0 Å². The molecular weight excluding hydrogens is 337 g/mol. The summed E-state index contributed by atoms with van der Waals surface area (Å²) in [5, 5.41) is 12.2. The fourth-order valence-corrected chi connectivity index (χ4v) is 2.69. The molecule has 0 fully saturated rings. The molecule has 0 saturated carbocycles. The Bertz CT molecular complexity index is 678. The Morgan fingerprint density at radius 1 is 1.24 bits per heavy atom. The molecule has 0 heterocycles. The van der Waals surface area contributed by atoms with E-state index in [1.807, 2.05) is 0 Å². The average molecular weight is 352 g/mol. The number of anilines is 1. The van der Waals surface area contributed by atoms with Crippen molar-refractivity contribution in [3.8, 4) is 0 Å². The molecule has 2 N–H and O–H groups in total. The van der Waals surface area contributed by atoms with Crippen LogP contribution in [0.4, 0.5) is 10.1 Å². The fraction of sp³-hybridized carbons (Fsp3) is 0.188. The van der Waals surface area contributed by atoms with Gasteiger partial charge >= 0.3 is 5.97 Å². The summed E-state index contributed by atoms with van der Waals surface area (Å²) in [4.78, 5) is 10.9. The van der Waals surface area contributed by atoms with Crippen LogP contribution in [0.5, 0.6) is 0 Å². The molecule has 2 aromatic carbocycles.